The van der Waals surface area contributed by atoms with E-state index in [4.69, 9.17) is 79.1 Å². The van der Waals surface area contributed by atoms with E-state index in [2.05, 4.69) is 300 Å². The molecule has 0 spiro atoms. The Morgan fingerprint density at radius 1 is 0.351 bits per heavy atom. The summed E-state index contributed by atoms with van der Waals surface area (Å²) in [6.45, 7) is 48.3. The van der Waals surface area contributed by atoms with E-state index in [-0.39, 0.29) is 32.5 Å². The molecule has 0 saturated carbocycles. The number of benzene rings is 7. The Kier molecular flexibility index (Phi) is 33.6. The van der Waals surface area contributed by atoms with Gasteiger partial charge in [0, 0.05) is 131 Å². The Balaban J connectivity index is 0.000000317. The SMILES string of the molecule is CC(C)(C)c1cc(Br)cc(C(C)(C)C)c1.Cc1cc(Br)c(OCc2ccccc2)c(-c2cc(C(C)(C)C)cc(C(C)(C)C)c2)c1.Cc1cc(Br)c(OCc2ccccc2)c(Br)c1.Cc1cc(C(C)(C)C)cc(C(C)(C)C)c1.[B][B]B(B([B])[B])B(B([B])[B])B(B([B])[B])B([B])[B]. The van der Waals surface area contributed by atoms with Crippen LogP contribution in [0.15, 0.2) is 157 Å². The molecule has 0 aliphatic rings. The van der Waals surface area contributed by atoms with Crippen LogP contribution in [0, 0.1) is 20.8 Å². The Bertz CT molecular complexity index is 3280. The van der Waals surface area contributed by atoms with E-state index in [1.165, 1.54) is 67.2 Å². The second-order valence-corrected chi connectivity index (χ2v) is 34.6. The fourth-order valence-corrected chi connectivity index (χ4v) is 13.0. The number of rotatable bonds is 14. The first-order chi connectivity index (χ1) is 43.1. The largest absolute Gasteiger partial charge is 0.487 e. The first-order valence-corrected chi connectivity index (χ1v) is 35.5. The molecule has 0 saturated heterocycles. The van der Waals surface area contributed by atoms with Gasteiger partial charge in [0.25, 0.3) is 0 Å². The summed E-state index contributed by atoms with van der Waals surface area (Å²) in [5.74, 6) is 1.75. The highest BCUT2D eigenvalue weighted by atomic mass is 79.9. The molecule has 7 aromatic rings. The molecule has 0 unspecified atom stereocenters. The Morgan fingerprint density at radius 3 is 0.947 bits per heavy atom. The quantitative estimate of drug-likeness (QED) is 0.101. The van der Waals surface area contributed by atoms with Crippen molar-refractivity contribution in [1.29, 1.82) is 0 Å². The summed E-state index contributed by atoms with van der Waals surface area (Å²) < 4.78 is 16.3. The predicted molar refractivity (Wildman–Crippen MR) is 448 cm³/mol. The van der Waals surface area contributed by atoms with Crippen molar-refractivity contribution in [2.24, 2.45) is 0 Å². The molecule has 7 rings (SSSR count). The zero-order chi connectivity index (χ0) is 71.8. The highest BCUT2D eigenvalue weighted by Crippen LogP contribution is 2.42. The number of aryl methyl sites for hydroxylation is 3. The summed E-state index contributed by atoms with van der Waals surface area (Å²) in [5, 5.41) is 0. The van der Waals surface area contributed by atoms with E-state index in [1.54, 1.807) is 0 Å². The van der Waals surface area contributed by atoms with E-state index in [1.807, 2.05) is 48.5 Å². The highest BCUT2D eigenvalue weighted by molar-refractivity contribution is 9.11. The van der Waals surface area contributed by atoms with Crippen molar-refractivity contribution in [1.82, 2.24) is 0 Å². The van der Waals surface area contributed by atoms with E-state index in [0.29, 0.717) is 13.2 Å². The van der Waals surface area contributed by atoms with Gasteiger partial charge in [-0.25, -0.2) is 0 Å². The molecule has 0 N–H and O–H groups in total. The monoisotopic (exact) mass is 1480 g/mol. The second kappa shape index (κ2) is 37.0. The van der Waals surface area contributed by atoms with Crippen LogP contribution in [-0.2, 0) is 45.7 Å². The number of hydrogen-bond donors (Lipinski definition) is 0. The lowest BCUT2D eigenvalue weighted by Gasteiger charge is -2.38. The van der Waals surface area contributed by atoms with Crippen LogP contribution in [-0.4, -0.2) is 121 Å². The molecule has 0 aromatic heterocycles. The molecule has 0 heterocycles. The van der Waals surface area contributed by atoms with Gasteiger partial charge < -0.3 is 9.47 Å². The Morgan fingerprint density at radius 2 is 0.638 bits per heavy atom. The van der Waals surface area contributed by atoms with Crippen LogP contribution < -0.4 is 9.47 Å². The third kappa shape index (κ3) is 28.1. The maximum absolute atomic E-state index is 6.37. The molecular formula is C71H90B17Br4O2. The standard InChI is InChI=1S/C28H33BrO.C15H24.C14H12Br2O.C14H21Br.B17/c1-19-13-24(26(25(29)14-19)30-18-20-11-9-8-10-12-20)21-15-22(27(2,3)4)17-23(16-21)28(5,6)7;1-11-8-12(14(2,3)4)10-13(9-11)15(5,6)7;1-10-7-12(15)14(13(16)8-10)17-9-11-5-3-2-4-6-11;1-13(2,3)10-7-11(14(4,5)6)9-12(15)8-10;1-10-15(11(2)3)17(14(8)9)16(12(4)5)13(6)7/h8-17H,18H2,1-7H3;8-10H,1-7H3;2-8H,9H2,1H3;7-9H,1-6H3;. The molecule has 94 heavy (non-hydrogen) atoms. The third-order valence-electron chi connectivity index (χ3n) is 16.1. The normalized spacial score (nSPS) is 11.5. The van der Waals surface area contributed by atoms with Crippen molar-refractivity contribution in [2.45, 2.75) is 191 Å². The summed E-state index contributed by atoms with van der Waals surface area (Å²) >= 11 is 14.4. The number of ether oxygens (including phenoxy) is 2. The van der Waals surface area contributed by atoms with Crippen molar-refractivity contribution >= 4 is 185 Å². The Labute approximate surface area is 621 Å². The molecule has 0 fully saturated rings. The van der Waals surface area contributed by atoms with Gasteiger partial charge in [-0.2, -0.15) is 0 Å². The van der Waals surface area contributed by atoms with E-state index in [0.717, 1.165) is 41.6 Å². The van der Waals surface area contributed by atoms with Gasteiger partial charge in [0.05, 0.1) is 13.4 Å². The van der Waals surface area contributed by atoms with Gasteiger partial charge in [-0.05, 0) is 199 Å². The fourth-order valence-electron chi connectivity index (χ4n) is 10.2. The van der Waals surface area contributed by atoms with Gasteiger partial charge in [0.15, 0.2) is 0 Å². The molecule has 465 valence electrons. The van der Waals surface area contributed by atoms with Crippen LogP contribution in [0.5, 0.6) is 11.5 Å². The zero-order valence-electron chi connectivity index (χ0n) is 60.3. The van der Waals surface area contributed by atoms with Crippen molar-refractivity contribution in [3.63, 3.8) is 0 Å². The molecule has 23 heteroatoms. The van der Waals surface area contributed by atoms with Crippen molar-refractivity contribution in [2.75, 3.05) is 0 Å². The van der Waals surface area contributed by atoms with Crippen molar-refractivity contribution in [3.8, 4) is 22.6 Å². The average Bonchev–Trinajstić information content (AvgIpc) is 0.788. The highest BCUT2D eigenvalue weighted by Gasteiger charge is 2.40. The zero-order valence-corrected chi connectivity index (χ0v) is 66.7. The average molecular weight is 1480 g/mol. The van der Waals surface area contributed by atoms with E-state index in [9.17, 15) is 0 Å². The molecule has 0 aliphatic carbocycles. The first-order valence-electron chi connectivity index (χ1n) is 32.4. The summed E-state index contributed by atoms with van der Waals surface area (Å²) in [7, 11) is 52.0. The lowest BCUT2D eigenvalue weighted by Crippen LogP contribution is -2.76. The van der Waals surface area contributed by atoms with Gasteiger partial charge in [-0.3, -0.25) is 0 Å². The van der Waals surface area contributed by atoms with Crippen molar-refractivity contribution in [3.05, 3.63) is 219 Å². The lowest BCUT2D eigenvalue weighted by atomic mass is 8.43. The molecule has 0 bridgehead atoms. The Hall–Kier alpha value is -2.84. The molecule has 7 aromatic carbocycles. The summed E-state index contributed by atoms with van der Waals surface area (Å²) in [5.41, 5.74) is 17.8. The second-order valence-electron chi connectivity index (χ2n) is 31.1. The van der Waals surface area contributed by atoms with Gasteiger partial charge in [-0.1, -0.05) is 249 Å². The molecule has 0 amide bonds. The lowest BCUT2D eigenvalue weighted by molar-refractivity contribution is 0.302. The number of halogens is 4. The smallest absolute Gasteiger partial charge is 0.148 e. The van der Waals surface area contributed by atoms with Crippen LogP contribution in [0.25, 0.3) is 11.1 Å². The van der Waals surface area contributed by atoms with Crippen molar-refractivity contribution < 1.29 is 9.47 Å². The topological polar surface area (TPSA) is 18.5 Å². The minimum absolute atomic E-state index is 0.0716. The van der Waals surface area contributed by atoms with Gasteiger partial charge in [0.2, 0.25) is 0 Å². The van der Waals surface area contributed by atoms with Crippen LogP contribution in [0.1, 0.15) is 186 Å². The molecule has 19 radical (unpaired) electrons. The van der Waals surface area contributed by atoms with Gasteiger partial charge in [-0.15, -0.1) is 0 Å². The summed E-state index contributed by atoms with van der Waals surface area (Å²) in [4.78, 5) is 0. The fraction of sp³-hybridized carbons (Fsp3) is 0.408. The van der Waals surface area contributed by atoms with E-state index < -0.39 is 44.7 Å². The van der Waals surface area contributed by atoms with E-state index >= 15 is 0 Å². The van der Waals surface area contributed by atoms with Gasteiger partial charge >= 0.3 is 0 Å². The molecule has 2 nitrogen and oxygen atoms in total. The predicted octanol–water partition coefficient (Wildman–Crippen LogP) is 16.9. The maximum atomic E-state index is 6.37. The molecule has 0 atom stereocenters. The van der Waals surface area contributed by atoms with Crippen LogP contribution in [0.2, 0.25) is 0 Å². The maximum Gasteiger partial charge on any atom is 0.148 e. The van der Waals surface area contributed by atoms with Crippen LogP contribution in [0.4, 0.5) is 0 Å². The molecule has 0 aliphatic heterocycles. The van der Waals surface area contributed by atoms with Crippen LogP contribution >= 0.6 is 63.7 Å². The third-order valence-corrected chi connectivity index (χ3v) is 18.3. The van der Waals surface area contributed by atoms with Crippen LogP contribution in [0.3, 0.4) is 0 Å². The summed E-state index contributed by atoms with van der Waals surface area (Å²) in [6, 6.07) is 49.6. The first kappa shape index (κ1) is 85.4. The minimum atomic E-state index is -0.796. The van der Waals surface area contributed by atoms with Gasteiger partial charge in [0.1, 0.15) is 24.7 Å². The minimum Gasteiger partial charge on any atom is -0.487 e. The molecular weight excluding hydrogens is 1390 g/mol. The number of hydrogen-bond acceptors (Lipinski definition) is 2. The summed E-state index contributed by atoms with van der Waals surface area (Å²) in [6.07, 6.45) is -4.66.